The summed E-state index contributed by atoms with van der Waals surface area (Å²) in [6.45, 7) is 4.88. The first-order valence-electron chi connectivity index (χ1n) is 9.04. The van der Waals surface area contributed by atoms with Crippen LogP contribution in [0.15, 0.2) is 36.4 Å². The summed E-state index contributed by atoms with van der Waals surface area (Å²) in [6, 6.07) is 8.01. The highest BCUT2D eigenvalue weighted by molar-refractivity contribution is 6.02. The van der Waals surface area contributed by atoms with Gasteiger partial charge in [0.15, 0.2) is 0 Å². The van der Waals surface area contributed by atoms with Crippen LogP contribution >= 0.6 is 0 Å². The maximum atomic E-state index is 13.1. The fourth-order valence-electron chi connectivity index (χ4n) is 4.20. The van der Waals surface area contributed by atoms with E-state index in [1.807, 2.05) is 43.3 Å². The highest BCUT2D eigenvalue weighted by atomic mass is 16.6. The third-order valence-electron chi connectivity index (χ3n) is 5.48. The number of fused-ring (bicyclic) bond motifs is 1. The van der Waals surface area contributed by atoms with Crippen molar-refractivity contribution in [2.24, 2.45) is 11.8 Å². The van der Waals surface area contributed by atoms with Gasteiger partial charge in [0, 0.05) is 5.69 Å². The van der Waals surface area contributed by atoms with Crippen molar-refractivity contribution in [1.29, 1.82) is 0 Å². The second-order valence-electron chi connectivity index (χ2n) is 7.01. The number of amides is 1. The second kappa shape index (κ2) is 5.99. The van der Waals surface area contributed by atoms with Crippen LogP contribution in [0.5, 0.6) is 0 Å². The molecule has 25 heavy (non-hydrogen) atoms. The number of ether oxygens (including phenoxy) is 2. The Bertz CT molecular complexity index is 726. The summed E-state index contributed by atoms with van der Waals surface area (Å²) in [7, 11) is 0. The van der Waals surface area contributed by atoms with Crippen molar-refractivity contribution in [3.05, 3.63) is 42.0 Å². The number of aryl methyl sites for hydroxylation is 1. The smallest absolute Gasteiger partial charge is 0.312 e. The Balaban J connectivity index is 1.61. The van der Waals surface area contributed by atoms with Crippen LogP contribution in [0.3, 0.4) is 0 Å². The summed E-state index contributed by atoms with van der Waals surface area (Å²) in [6.07, 6.45) is 5.25. The van der Waals surface area contributed by atoms with Gasteiger partial charge < -0.3 is 14.4 Å². The Kier molecular flexibility index (Phi) is 3.91. The summed E-state index contributed by atoms with van der Waals surface area (Å²) in [4.78, 5) is 27.4. The molecule has 3 heterocycles. The first kappa shape index (κ1) is 16.3. The van der Waals surface area contributed by atoms with Crippen LogP contribution in [0.25, 0.3) is 0 Å². The van der Waals surface area contributed by atoms with Crippen LogP contribution in [0.2, 0.25) is 0 Å². The van der Waals surface area contributed by atoms with Crippen LogP contribution in [0.1, 0.15) is 25.8 Å². The van der Waals surface area contributed by atoms with Crippen molar-refractivity contribution in [2.75, 3.05) is 18.1 Å². The van der Waals surface area contributed by atoms with Gasteiger partial charge in [-0.05, 0) is 30.5 Å². The zero-order valence-electron chi connectivity index (χ0n) is 14.6. The molecule has 2 fully saturated rings. The van der Waals surface area contributed by atoms with Crippen molar-refractivity contribution in [3.8, 4) is 0 Å². The lowest BCUT2D eigenvalue weighted by Crippen LogP contribution is -2.40. The number of carbonyl (C=O) groups excluding carboxylic acids is 2. The maximum Gasteiger partial charge on any atom is 0.312 e. The molecule has 0 N–H and O–H groups in total. The topological polar surface area (TPSA) is 55.8 Å². The SMILES string of the molecule is CCCOC(=O)[C@H]1[C@H]2C=C[C@@]3(CN(c4ccc(CC)cc4)C(=O)[C@@H]13)O2. The van der Waals surface area contributed by atoms with Crippen LogP contribution in [-0.2, 0) is 25.5 Å². The summed E-state index contributed by atoms with van der Waals surface area (Å²) in [5, 5.41) is 0. The number of benzene rings is 1. The number of hydrogen-bond donors (Lipinski definition) is 0. The van der Waals surface area contributed by atoms with Crippen molar-refractivity contribution < 1.29 is 19.1 Å². The molecule has 4 rings (SSSR count). The van der Waals surface area contributed by atoms with Crippen molar-refractivity contribution >= 4 is 17.6 Å². The maximum absolute atomic E-state index is 13.1. The van der Waals surface area contributed by atoms with Gasteiger partial charge >= 0.3 is 5.97 Å². The van der Waals surface area contributed by atoms with E-state index in [9.17, 15) is 9.59 Å². The third-order valence-corrected chi connectivity index (χ3v) is 5.48. The van der Waals surface area contributed by atoms with Crippen LogP contribution < -0.4 is 4.90 Å². The lowest BCUT2D eigenvalue weighted by Gasteiger charge is -2.22. The summed E-state index contributed by atoms with van der Waals surface area (Å²) in [5.74, 6) is -1.39. The number of nitrogens with zero attached hydrogens (tertiary/aromatic N) is 1. The molecule has 5 heteroatoms. The molecule has 2 bridgehead atoms. The minimum Gasteiger partial charge on any atom is -0.465 e. The number of carbonyl (C=O) groups is 2. The molecular formula is C20H23NO4. The van der Waals surface area contributed by atoms with E-state index < -0.39 is 17.4 Å². The van der Waals surface area contributed by atoms with Crippen molar-refractivity contribution in [2.45, 2.75) is 38.4 Å². The Morgan fingerprint density at radius 3 is 2.76 bits per heavy atom. The van der Waals surface area contributed by atoms with E-state index in [1.54, 1.807) is 4.90 Å². The Morgan fingerprint density at radius 2 is 2.08 bits per heavy atom. The largest absolute Gasteiger partial charge is 0.465 e. The average molecular weight is 341 g/mol. The molecule has 1 amide bonds. The molecule has 1 spiro atoms. The monoisotopic (exact) mass is 341 g/mol. The molecule has 0 aromatic heterocycles. The molecule has 5 nitrogen and oxygen atoms in total. The van der Waals surface area contributed by atoms with Gasteiger partial charge in [0.1, 0.15) is 11.5 Å². The molecule has 1 aromatic rings. The average Bonchev–Trinajstić information content (AvgIpc) is 3.28. The van der Waals surface area contributed by atoms with Crippen LogP contribution in [0.4, 0.5) is 5.69 Å². The van der Waals surface area contributed by atoms with Gasteiger partial charge in [-0.25, -0.2) is 0 Å². The van der Waals surface area contributed by atoms with E-state index in [1.165, 1.54) is 5.56 Å². The molecule has 0 aliphatic carbocycles. The fraction of sp³-hybridized carbons (Fsp3) is 0.500. The van der Waals surface area contributed by atoms with Gasteiger partial charge in [0.05, 0.1) is 25.2 Å². The number of esters is 1. The van der Waals surface area contributed by atoms with E-state index in [4.69, 9.17) is 9.47 Å². The highest BCUT2D eigenvalue weighted by Gasteiger charge is 2.67. The van der Waals surface area contributed by atoms with Gasteiger partial charge in [-0.3, -0.25) is 9.59 Å². The Morgan fingerprint density at radius 1 is 1.32 bits per heavy atom. The second-order valence-corrected chi connectivity index (χ2v) is 7.01. The highest BCUT2D eigenvalue weighted by Crippen LogP contribution is 2.52. The number of hydrogen-bond acceptors (Lipinski definition) is 4. The molecule has 2 saturated heterocycles. The summed E-state index contributed by atoms with van der Waals surface area (Å²) >= 11 is 0. The Hall–Kier alpha value is -2.14. The van der Waals surface area contributed by atoms with Crippen molar-refractivity contribution in [1.82, 2.24) is 0 Å². The lowest BCUT2D eigenvalue weighted by molar-refractivity contribution is -0.152. The molecule has 0 saturated carbocycles. The van der Waals surface area contributed by atoms with E-state index in [2.05, 4.69) is 6.92 Å². The zero-order valence-corrected chi connectivity index (χ0v) is 14.6. The van der Waals surface area contributed by atoms with E-state index >= 15 is 0 Å². The minimum atomic E-state index is -0.693. The van der Waals surface area contributed by atoms with Gasteiger partial charge in [-0.2, -0.15) is 0 Å². The normalized spacial score (nSPS) is 32.3. The molecule has 0 unspecified atom stereocenters. The predicted molar refractivity (Wildman–Crippen MR) is 93.1 cm³/mol. The van der Waals surface area contributed by atoms with Gasteiger partial charge in [0.25, 0.3) is 0 Å². The Labute approximate surface area is 147 Å². The molecule has 3 aliphatic rings. The molecule has 132 valence electrons. The molecule has 0 radical (unpaired) electrons. The third kappa shape index (κ3) is 2.41. The predicted octanol–water partition coefficient (Wildman–Crippen LogP) is 2.49. The number of rotatable bonds is 5. The van der Waals surface area contributed by atoms with Gasteiger partial charge in [0.2, 0.25) is 5.91 Å². The standard InChI is InChI=1S/C20H23NO4/c1-3-11-24-19(23)16-15-9-10-20(25-15)12-21(18(22)17(16)20)14-7-5-13(4-2)6-8-14/h5-10,15-17H,3-4,11-12H2,1-2H3/t15-,16+,17-,20+/m1/s1. The van der Waals surface area contributed by atoms with Crippen LogP contribution in [-0.4, -0.2) is 36.7 Å². The molecule has 3 aliphatic heterocycles. The van der Waals surface area contributed by atoms with Crippen LogP contribution in [0, 0.1) is 11.8 Å². The number of anilines is 1. The fourth-order valence-corrected chi connectivity index (χ4v) is 4.20. The zero-order chi connectivity index (χ0) is 17.6. The van der Waals surface area contributed by atoms with Gasteiger partial charge in [-0.1, -0.05) is 38.1 Å². The lowest BCUT2D eigenvalue weighted by atomic mass is 9.77. The first-order valence-corrected chi connectivity index (χ1v) is 9.04. The van der Waals surface area contributed by atoms with E-state index in [0.717, 1.165) is 18.5 Å². The van der Waals surface area contributed by atoms with E-state index in [-0.39, 0.29) is 18.0 Å². The summed E-state index contributed by atoms with van der Waals surface area (Å²) in [5.41, 5.74) is 1.39. The first-order chi connectivity index (χ1) is 12.1. The minimum absolute atomic E-state index is 0.0467. The molecular weight excluding hydrogens is 318 g/mol. The van der Waals surface area contributed by atoms with E-state index in [0.29, 0.717) is 13.2 Å². The molecule has 4 atom stereocenters. The van der Waals surface area contributed by atoms with Gasteiger partial charge in [-0.15, -0.1) is 0 Å². The quantitative estimate of drug-likeness (QED) is 0.610. The molecule has 1 aromatic carbocycles. The van der Waals surface area contributed by atoms with Crippen molar-refractivity contribution in [3.63, 3.8) is 0 Å². The summed E-state index contributed by atoms with van der Waals surface area (Å²) < 4.78 is 11.4.